The summed E-state index contributed by atoms with van der Waals surface area (Å²) in [6.45, 7) is 3.22. The first-order valence-corrected chi connectivity index (χ1v) is 4.74. The fourth-order valence-corrected chi connectivity index (χ4v) is 1.22. The molecule has 1 aliphatic heterocycles. The minimum Gasteiger partial charge on any atom is -0.432 e. The van der Waals surface area contributed by atoms with Crippen LogP contribution in [-0.2, 0) is 19.1 Å². The number of nitrogens with zero attached hydrogens (tertiary/aromatic N) is 2. The molecule has 1 fully saturated rings. The Hall–Kier alpha value is -1.87. The molecule has 0 aliphatic carbocycles. The molecule has 1 saturated heterocycles. The molecule has 86 valence electrons. The Morgan fingerprint density at radius 2 is 2.44 bits per heavy atom. The quantitative estimate of drug-likeness (QED) is 0.379. The van der Waals surface area contributed by atoms with E-state index in [0.717, 1.165) is 6.26 Å². The number of esters is 1. The average Bonchev–Trinajstić information content (AvgIpc) is 2.23. The number of hydrogen-bond acceptors (Lipinski definition) is 5. The van der Waals surface area contributed by atoms with Crippen molar-refractivity contribution >= 4 is 11.9 Å². The van der Waals surface area contributed by atoms with Crippen molar-refractivity contribution in [1.29, 1.82) is 5.26 Å². The molecule has 0 N–H and O–H groups in total. The van der Waals surface area contributed by atoms with Crippen LogP contribution in [0.25, 0.3) is 0 Å². The summed E-state index contributed by atoms with van der Waals surface area (Å²) in [5, 5.41) is 8.85. The molecule has 1 aliphatic rings. The van der Waals surface area contributed by atoms with Crippen LogP contribution in [0.1, 0.15) is 13.8 Å². The van der Waals surface area contributed by atoms with E-state index >= 15 is 0 Å². The molecule has 1 rings (SSSR count). The van der Waals surface area contributed by atoms with Gasteiger partial charge in [0.25, 0.3) is 5.91 Å². The highest BCUT2D eigenvalue weighted by atomic mass is 16.5. The molecule has 0 aromatic carbocycles. The van der Waals surface area contributed by atoms with E-state index in [1.165, 1.54) is 11.8 Å². The standard InChI is InChI=1S/C10H12N2O4/c1-7-4-12(10(14)6-15-7)9(3-11)5-16-8(2)13/h5,7H,4,6H2,1-2H3/b9-5+. The van der Waals surface area contributed by atoms with Gasteiger partial charge in [-0.3, -0.25) is 14.5 Å². The van der Waals surface area contributed by atoms with Crippen molar-refractivity contribution in [1.82, 2.24) is 4.90 Å². The molecule has 1 amide bonds. The van der Waals surface area contributed by atoms with Gasteiger partial charge >= 0.3 is 5.97 Å². The van der Waals surface area contributed by atoms with Gasteiger partial charge in [0.15, 0.2) is 5.70 Å². The van der Waals surface area contributed by atoms with Crippen molar-refractivity contribution in [2.24, 2.45) is 0 Å². The van der Waals surface area contributed by atoms with E-state index < -0.39 is 5.97 Å². The van der Waals surface area contributed by atoms with Crippen molar-refractivity contribution in [3.05, 3.63) is 12.0 Å². The van der Waals surface area contributed by atoms with Gasteiger partial charge in [-0.25, -0.2) is 0 Å². The normalized spacial score (nSPS) is 21.6. The summed E-state index contributed by atoms with van der Waals surface area (Å²) >= 11 is 0. The molecule has 6 nitrogen and oxygen atoms in total. The molecule has 6 heteroatoms. The van der Waals surface area contributed by atoms with Crippen LogP contribution in [0, 0.1) is 11.3 Å². The SMILES string of the molecule is CC(=O)O/C=C(\C#N)N1CC(C)OCC1=O. The zero-order valence-electron chi connectivity index (χ0n) is 9.10. The van der Waals surface area contributed by atoms with Crippen molar-refractivity contribution in [2.75, 3.05) is 13.2 Å². The van der Waals surface area contributed by atoms with Crippen molar-refractivity contribution in [3.8, 4) is 6.07 Å². The first-order chi connectivity index (χ1) is 7.54. The maximum Gasteiger partial charge on any atom is 0.307 e. The van der Waals surface area contributed by atoms with Crippen LogP contribution in [0.15, 0.2) is 12.0 Å². The maximum atomic E-state index is 11.5. The minimum atomic E-state index is -0.540. The molecule has 1 atom stereocenters. The third-order valence-corrected chi connectivity index (χ3v) is 1.97. The van der Waals surface area contributed by atoms with Crippen molar-refractivity contribution in [2.45, 2.75) is 20.0 Å². The number of nitriles is 1. The summed E-state index contributed by atoms with van der Waals surface area (Å²) in [7, 11) is 0. The third-order valence-electron chi connectivity index (χ3n) is 1.97. The van der Waals surface area contributed by atoms with Crippen LogP contribution in [0.3, 0.4) is 0 Å². The summed E-state index contributed by atoms with van der Waals surface area (Å²) in [6, 6.07) is 1.81. The Morgan fingerprint density at radius 3 is 3.00 bits per heavy atom. The molecule has 1 unspecified atom stereocenters. The molecule has 0 saturated carbocycles. The Labute approximate surface area is 93.0 Å². The van der Waals surface area contributed by atoms with Gasteiger partial charge < -0.3 is 9.47 Å². The molecule has 1 heterocycles. The number of amides is 1. The van der Waals surface area contributed by atoms with E-state index in [1.807, 2.05) is 6.07 Å². The predicted octanol–water partition coefficient (Wildman–Crippen LogP) is 0.162. The highest BCUT2D eigenvalue weighted by Crippen LogP contribution is 2.12. The van der Waals surface area contributed by atoms with Gasteiger partial charge in [-0.2, -0.15) is 5.26 Å². The highest BCUT2D eigenvalue weighted by molar-refractivity contribution is 5.80. The van der Waals surface area contributed by atoms with Gasteiger partial charge in [0.1, 0.15) is 18.9 Å². The fraction of sp³-hybridized carbons (Fsp3) is 0.500. The van der Waals surface area contributed by atoms with Crippen LogP contribution < -0.4 is 0 Å². The monoisotopic (exact) mass is 224 g/mol. The molecule has 0 radical (unpaired) electrons. The van der Waals surface area contributed by atoms with Crippen LogP contribution in [0.2, 0.25) is 0 Å². The highest BCUT2D eigenvalue weighted by Gasteiger charge is 2.26. The van der Waals surface area contributed by atoms with Gasteiger partial charge in [0.05, 0.1) is 12.6 Å². The van der Waals surface area contributed by atoms with Crippen LogP contribution in [-0.4, -0.2) is 36.0 Å². The van der Waals surface area contributed by atoms with Gasteiger partial charge in [-0.1, -0.05) is 0 Å². The van der Waals surface area contributed by atoms with Crippen molar-refractivity contribution in [3.63, 3.8) is 0 Å². The van der Waals surface area contributed by atoms with E-state index in [1.54, 1.807) is 6.92 Å². The van der Waals surface area contributed by atoms with Gasteiger partial charge in [0, 0.05) is 6.92 Å². The van der Waals surface area contributed by atoms with Crippen molar-refractivity contribution < 1.29 is 19.1 Å². The van der Waals surface area contributed by atoms with Crippen LogP contribution in [0.5, 0.6) is 0 Å². The van der Waals surface area contributed by atoms with Gasteiger partial charge in [0.2, 0.25) is 0 Å². The summed E-state index contributed by atoms with van der Waals surface area (Å²) in [6.07, 6.45) is 0.838. The lowest BCUT2D eigenvalue weighted by Crippen LogP contribution is -2.44. The number of morpholine rings is 1. The molecule has 16 heavy (non-hydrogen) atoms. The van der Waals surface area contributed by atoms with Crippen LogP contribution in [0.4, 0.5) is 0 Å². The largest absolute Gasteiger partial charge is 0.432 e. The lowest BCUT2D eigenvalue weighted by atomic mass is 10.2. The first-order valence-electron chi connectivity index (χ1n) is 4.74. The lowest BCUT2D eigenvalue weighted by Gasteiger charge is -2.29. The van der Waals surface area contributed by atoms with Gasteiger partial charge in [-0.15, -0.1) is 0 Å². The smallest absolute Gasteiger partial charge is 0.307 e. The minimum absolute atomic E-state index is 0.00958. The van der Waals surface area contributed by atoms with E-state index in [0.29, 0.717) is 0 Å². The summed E-state index contributed by atoms with van der Waals surface area (Å²) in [5.41, 5.74) is 0.00958. The van der Waals surface area contributed by atoms with E-state index in [2.05, 4.69) is 4.74 Å². The van der Waals surface area contributed by atoms with E-state index in [4.69, 9.17) is 10.00 Å². The Bertz CT molecular complexity index is 370. The van der Waals surface area contributed by atoms with E-state index in [9.17, 15) is 9.59 Å². The number of rotatable bonds is 2. The molecular formula is C10H12N2O4. The second kappa shape index (κ2) is 5.28. The third kappa shape index (κ3) is 3.07. The molecule has 0 aromatic rings. The average molecular weight is 224 g/mol. The van der Waals surface area contributed by atoms with Crippen LogP contribution >= 0.6 is 0 Å². The Morgan fingerprint density at radius 1 is 1.75 bits per heavy atom. The molecule has 0 spiro atoms. The molecule has 0 bridgehead atoms. The molecular weight excluding hydrogens is 212 g/mol. The van der Waals surface area contributed by atoms with Gasteiger partial charge in [-0.05, 0) is 6.92 Å². The zero-order valence-corrected chi connectivity index (χ0v) is 9.10. The Kier molecular flexibility index (Phi) is 4.03. The topological polar surface area (TPSA) is 79.6 Å². The first kappa shape index (κ1) is 12.2. The summed E-state index contributed by atoms with van der Waals surface area (Å²) < 4.78 is 9.68. The van der Waals surface area contributed by atoms with E-state index in [-0.39, 0.29) is 30.9 Å². The number of hydrogen-bond donors (Lipinski definition) is 0. The number of carbonyl (C=O) groups is 2. The summed E-state index contributed by atoms with van der Waals surface area (Å²) in [5.74, 6) is -0.862. The number of carbonyl (C=O) groups excluding carboxylic acids is 2. The number of ether oxygens (including phenoxy) is 2. The fourth-order valence-electron chi connectivity index (χ4n) is 1.22. The number of allylic oxidation sites excluding steroid dienone is 1. The second-order valence-electron chi connectivity index (χ2n) is 3.35. The molecule has 0 aromatic heterocycles. The lowest BCUT2D eigenvalue weighted by molar-refractivity contribution is -0.145. The Balaban J connectivity index is 2.79. The second-order valence-corrected chi connectivity index (χ2v) is 3.35. The predicted molar refractivity (Wildman–Crippen MR) is 52.6 cm³/mol. The summed E-state index contributed by atoms with van der Waals surface area (Å²) in [4.78, 5) is 23.3. The maximum absolute atomic E-state index is 11.5. The zero-order chi connectivity index (χ0) is 12.1.